The Morgan fingerprint density at radius 3 is 2.95 bits per heavy atom. The molecule has 1 aromatic rings. The van der Waals surface area contributed by atoms with Crippen molar-refractivity contribution in [3.05, 3.63) is 35.4 Å². The lowest BCUT2D eigenvalue weighted by Gasteiger charge is -2.27. The largest absolute Gasteiger partial charge is 1.00 e. The van der Waals surface area contributed by atoms with Crippen molar-refractivity contribution in [1.82, 2.24) is 0 Å². The van der Waals surface area contributed by atoms with Gasteiger partial charge in [-0.15, -0.1) is 0 Å². The van der Waals surface area contributed by atoms with Gasteiger partial charge in [-0.1, -0.05) is 19.1 Å². The molecule has 0 bridgehead atoms. The van der Waals surface area contributed by atoms with Gasteiger partial charge < -0.3 is 22.5 Å². The van der Waals surface area contributed by atoms with E-state index in [1.165, 1.54) is 25.1 Å². The monoisotopic (exact) mass is 283 g/mol. The second-order valence-corrected chi connectivity index (χ2v) is 5.03. The summed E-state index contributed by atoms with van der Waals surface area (Å²) in [6.45, 7) is 6.91. The van der Waals surface area contributed by atoms with Gasteiger partial charge in [-0.3, -0.25) is 0 Å². The minimum atomic E-state index is -0.214. The number of hydrogen-bond acceptors (Lipinski definition) is 2. The van der Waals surface area contributed by atoms with Gasteiger partial charge in [0.2, 0.25) is 0 Å². The van der Waals surface area contributed by atoms with E-state index in [1.54, 1.807) is 0 Å². The number of quaternary nitrogens is 1. The molecule has 2 atom stereocenters. The van der Waals surface area contributed by atoms with Gasteiger partial charge >= 0.3 is 5.97 Å². The molecule has 1 heterocycles. The van der Waals surface area contributed by atoms with Crippen molar-refractivity contribution in [1.29, 1.82) is 0 Å². The summed E-state index contributed by atoms with van der Waals surface area (Å²) in [5, 5.41) is 2.37. The molecule has 1 aliphatic heterocycles. The molecule has 0 unspecified atom stereocenters. The summed E-state index contributed by atoms with van der Waals surface area (Å²) in [5.74, 6) is 1.02. The van der Waals surface area contributed by atoms with E-state index in [4.69, 9.17) is 4.74 Å². The highest BCUT2D eigenvalue weighted by Crippen LogP contribution is 2.28. The van der Waals surface area contributed by atoms with Gasteiger partial charge in [0.1, 0.15) is 0 Å². The Balaban J connectivity index is 0.00000180. The van der Waals surface area contributed by atoms with Gasteiger partial charge in [-0.25, -0.2) is 4.79 Å². The first-order valence-corrected chi connectivity index (χ1v) is 6.81. The quantitative estimate of drug-likeness (QED) is 0.690. The number of benzene rings is 1. The van der Waals surface area contributed by atoms with Gasteiger partial charge in [0.25, 0.3) is 0 Å². The number of carbonyl (C=O) groups is 1. The van der Waals surface area contributed by atoms with E-state index in [1.807, 2.05) is 25.1 Å². The first-order valence-electron chi connectivity index (χ1n) is 6.81. The van der Waals surface area contributed by atoms with E-state index in [9.17, 15) is 4.79 Å². The van der Waals surface area contributed by atoms with Crippen molar-refractivity contribution in [2.24, 2.45) is 5.92 Å². The van der Waals surface area contributed by atoms with E-state index < -0.39 is 0 Å². The van der Waals surface area contributed by atoms with Gasteiger partial charge in [0.15, 0.2) is 0 Å². The van der Waals surface area contributed by atoms with E-state index in [2.05, 4.69) is 18.3 Å². The maximum atomic E-state index is 11.7. The van der Waals surface area contributed by atoms with E-state index >= 15 is 0 Å². The number of ether oxygens (including phenoxy) is 1. The maximum absolute atomic E-state index is 11.7. The Labute approximate surface area is 121 Å². The minimum Gasteiger partial charge on any atom is -1.00 e. The number of hydrogen-bond donors (Lipinski definition) is 1. The molecular formula is C15H22ClNO2. The Hall–Kier alpha value is -1.06. The zero-order valence-corrected chi connectivity index (χ0v) is 12.3. The number of halogens is 1. The number of nitrogens with two attached hydrogens (primary N) is 1. The van der Waals surface area contributed by atoms with Crippen LogP contribution < -0.4 is 17.7 Å². The first-order chi connectivity index (χ1) is 8.72. The molecule has 3 nitrogen and oxygen atoms in total. The number of carbonyl (C=O) groups excluding carboxylic acids is 1. The summed E-state index contributed by atoms with van der Waals surface area (Å²) >= 11 is 0. The molecule has 106 valence electrons. The molecule has 0 aliphatic carbocycles. The van der Waals surface area contributed by atoms with Crippen LogP contribution in [0.3, 0.4) is 0 Å². The van der Waals surface area contributed by atoms with E-state index in [0.29, 0.717) is 24.0 Å². The number of rotatable bonds is 3. The minimum absolute atomic E-state index is 0. The third kappa shape index (κ3) is 3.95. The summed E-state index contributed by atoms with van der Waals surface area (Å²) in [6.07, 6.45) is 1.19. The van der Waals surface area contributed by atoms with Gasteiger partial charge in [-0.2, -0.15) is 0 Å². The lowest BCUT2D eigenvalue weighted by atomic mass is 9.82. The van der Waals surface area contributed by atoms with Crippen molar-refractivity contribution in [2.75, 3.05) is 19.7 Å². The molecule has 0 radical (unpaired) electrons. The Kier molecular flexibility index (Phi) is 6.32. The van der Waals surface area contributed by atoms with Gasteiger partial charge in [0.05, 0.1) is 25.3 Å². The molecular weight excluding hydrogens is 262 g/mol. The van der Waals surface area contributed by atoms with Gasteiger partial charge in [-0.05, 0) is 30.5 Å². The van der Waals surface area contributed by atoms with Crippen LogP contribution in [0.2, 0.25) is 0 Å². The molecule has 2 N–H and O–H groups in total. The Morgan fingerprint density at radius 1 is 1.47 bits per heavy atom. The molecule has 0 spiro atoms. The van der Waals surface area contributed by atoms with Crippen molar-refractivity contribution in [3.8, 4) is 0 Å². The Bertz CT molecular complexity index is 422. The average Bonchev–Trinajstić information content (AvgIpc) is 2.40. The Morgan fingerprint density at radius 2 is 2.26 bits per heavy atom. The topological polar surface area (TPSA) is 42.9 Å². The molecule has 4 heteroatoms. The molecule has 1 aliphatic rings. The SMILES string of the molecule is CCOC(=O)c1cccc([C@@H]2CC[NH2+]C[C@@H]2C)c1.[Cl-]. The highest BCUT2D eigenvalue weighted by Gasteiger charge is 2.25. The summed E-state index contributed by atoms with van der Waals surface area (Å²) in [5.41, 5.74) is 1.96. The van der Waals surface area contributed by atoms with E-state index in [-0.39, 0.29) is 18.4 Å². The standard InChI is InChI=1S/C15H21NO2.ClH/c1-3-18-15(17)13-6-4-5-12(9-13)14-7-8-16-10-11(14)2;/h4-6,9,11,14,16H,3,7-8,10H2,1-2H3;1H/t11-,14+;/m0./s1. The van der Waals surface area contributed by atoms with Crippen molar-refractivity contribution >= 4 is 5.97 Å². The predicted molar refractivity (Wildman–Crippen MR) is 70.6 cm³/mol. The van der Waals surface area contributed by atoms with Crippen LogP contribution in [-0.4, -0.2) is 25.7 Å². The zero-order chi connectivity index (χ0) is 13.0. The molecule has 0 aromatic heterocycles. The normalized spacial score (nSPS) is 22.4. The van der Waals surface area contributed by atoms with Gasteiger partial charge in [0, 0.05) is 12.3 Å². The van der Waals surface area contributed by atoms with Crippen molar-refractivity contribution in [3.63, 3.8) is 0 Å². The zero-order valence-electron chi connectivity index (χ0n) is 11.6. The predicted octanol–water partition coefficient (Wildman–Crippen LogP) is -1.45. The fourth-order valence-electron chi connectivity index (χ4n) is 2.73. The lowest BCUT2D eigenvalue weighted by Crippen LogP contribution is -3.00. The summed E-state index contributed by atoms with van der Waals surface area (Å²) in [6, 6.07) is 7.94. The average molecular weight is 284 g/mol. The molecule has 1 fully saturated rings. The van der Waals surface area contributed by atoms with Crippen LogP contribution >= 0.6 is 0 Å². The van der Waals surface area contributed by atoms with Crippen LogP contribution in [0, 0.1) is 5.92 Å². The molecule has 19 heavy (non-hydrogen) atoms. The van der Waals surface area contributed by atoms with Crippen LogP contribution in [0.15, 0.2) is 24.3 Å². The van der Waals surface area contributed by atoms with Crippen LogP contribution in [-0.2, 0) is 4.74 Å². The fraction of sp³-hybridized carbons (Fsp3) is 0.533. The summed E-state index contributed by atoms with van der Waals surface area (Å²) in [4.78, 5) is 11.7. The lowest BCUT2D eigenvalue weighted by molar-refractivity contribution is -0.669. The molecule has 1 saturated heterocycles. The highest BCUT2D eigenvalue weighted by atomic mass is 35.5. The first kappa shape index (κ1) is 16.0. The van der Waals surface area contributed by atoms with Crippen LogP contribution in [0.1, 0.15) is 42.1 Å². The van der Waals surface area contributed by atoms with Crippen LogP contribution in [0.5, 0.6) is 0 Å². The van der Waals surface area contributed by atoms with Crippen LogP contribution in [0.25, 0.3) is 0 Å². The third-order valence-electron chi connectivity index (χ3n) is 3.73. The van der Waals surface area contributed by atoms with E-state index in [0.717, 1.165) is 0 Å². The second-order valence-electron chi connectivity index (χ2n) is 5.03. The second kappa shape index (κ2) is 7.51. The highest BCUT2D eigenvalue weighted by molar-refractivity contribution is 5.89. The molecule has 1 aromatic carbocycles. The smallest absolute Gasteiger partial charge is 0.338 e. The maximum Gasteiger partial charge on any atom is 0.338 e. The fourth-order valence-corrected chi connectivity index (χ4v) is 2.73. The van der Waals surface area contributed by atoms with Crippen LogP contribution in [0.4, 0.5) is 0 Å². The summed E-state index contributed by atoms with van der Waals surface area (Å²) in [7, 11) is 0. The molecule has 2 rings (SSSR count). The molecule has 0 amide bonds. The van der Waals surface area contributed by atoms with Crippen molar-refractivity contribution in [2.45, 2.75) is 26.2 Å². The number of piperidine rings is 1. The van der Waals surface area contributed by atoms with Crippen molar-refractivity contribution < 1.29 is 27.3 Å². The third-order valence-corrected chi connectivity index (χ3v) is 3.73. The molecule has 0 saturated carbocycles. The summed E-state index contributed by atoms with van der Waals surface area (Å²) < 4.78 is 5.05. The number of esters is 1.